The maximum absolute atomic E-state index is 14.7. The number of rotatable bonds is 27. The molecular formula is C51H74N4O12. The van der Waals surface area contributed by atoms with Crippen molar-refractivity contribution in [2.24, 2.45) is 35.5 Å². The van der Waals surface area contributed by atoms with E-state index in [9.17, 15) is 43.5 Å². The first-order valence-electron chi connectivity index (χ1n) is 24.3. The van der Waals surface area contributed by atoms with Crippen molar-refractivity contribution in [3.8, 4) is 0 Å². The number of carboxylic acids is 1. The molecule has 0 radical (unpaired) electrons. The van der Waals surface area contributed by atoms with Crippen molar-refractivity contribution in [1.29, 1.82) is 0 Å². The number of carboxylic acid groups (broad SMARTS) is 1. The Morgan fingerprint density at radius 3 is 2.16 bits per heavy atom. The summed E-state index contributed by atoms with van der Waals surface area (Å²) in [6.07, 6.45) is 5.39. The number of carbonyl (C=O) groups is 8. The van der Waals surface area contributed by atoms with Crippen LogP contribution in [0.25, 0.3) is 0 Å². The highest BCUT2D eigenvalue weighted by Crippen LogP contribution is 2.44. The molecule has 16 nitrogen and oxygen atoms in total. The zero-order chi connectivity index (χ0) is 49.1. The number of methoxy groups -OCH3 is 2. The van der Waals surface area contributed by atoms with Crippen molar-refractivity contribution in [1.82, 2.24) is 19.6 Å². The van der Waals surface area contributed by atoms with Gasteiger partial charge in [-0.25, -0.2) is 0 Å². The molecule has 370 valence electrons. The molecule has 0 aromatic heterocycles. The van der Waals surface area contributed by atoms with E-state index >= 15 is 0 Å². The lowest BCUT2D eigenvalue weighted by molar-refractivity contribution is -0.150. The van der Waals surface area contributed by atoms with Crippen LogP contribution in [-0.2, 0) is 59.0 Å². The Hall–Kier alpha value is -4.80. The Balaban J connectivity index is 1.22. The fourth-order valence-electron chi connectivity index (χ4n) is 11.1. The first-order chi connectivity index (χ1) is 31.9. The van der Waals surface area contributed by atoms with Gasteiger partial charge in [0.2, 0.25) is 17.7 Å². The van der Waals surface area contributed by atoms with Crippen LogP contribution < -0.4 is 0 Å². The molecule has 1 aromatic rings. The van der Waals surface area contributed by atoms with Crippen LogP contribution in [0.15, 0.2) is 42.5 Å². The van der Waals surface area contributed by atoms with Crippen LogP contribution in [0.1, 0.15) is 104 Å². The minimum atomic E-state index is -1.05. The number of imide groups is 1. The molecule has 1 N–H and O–H groups in total. The van der Waals surface area contributed by atoms with Gasteiger partial charge in [-0.3, -0.25) is 43.3 Å². The first-order valence-corrected chi connectivity index (χ1v) is 24.3. The molecule has 67 heavy (non-hydrogen) atoms. The Morgan fingerprint density at radius 2 is 1.55 bits per heavy atom. The fraction of sp³-hybridized carbons (Fsp3) is 0.686. The van der Waals surface area contributed by atoms with Crippen LogP contribution in [0.5, 0.6) is 0 Å². The second-order valence-electron chi connectivity index (χ2n) is 19.5. The quantitative estimate of drug-likeness (QED) is 0.0941. The van der Waals surface area contributed by atoms with Crippen LogP contribution in [0, 0.1) is 35.5 Å². The SMILES string of the molecule is CC[C@H](C)[C@@H]([C@@H](CC(=O)N1CCC[C@H]1[C@H](OC)[C@@H](C)C(=O)C[C@@H](Cc1ccccc1)C(=O)O)OC)N(C)C(=O)[C@@H](CC(=O)[C@@H]1[C@H]2CC[C@H](C2)N1C(=O)CCOCCN1C(=O)C=CC1=O)C(C)C. The zero-order valence-corrected chi connectivity index (χ0v) is 40.8. The molecule has 3 heterocycles. The van der Waals surface area contributed by atoms with Gasteiger partial charge in [-0.15, -0.1) is 0 Å². The number of Topliss-reactive ketones (excluding diaryl/α,β-unsaturated/α-hetero) is 2. The molecule has 4 aliphatic rings. The van der Waals surface area contributed by atoms with E-state index in [0.717, 1.165) is 29.7 Å². The number of carbonyl (C=O) groups excluding carboxylic acids is 7. The molecule has 3 aliphatic heterocycles. The topological polar surface area (TPSA) is 197 Å². The number of ketones is 2. The molecule has 5 amide bonds. The lowest BCUT2D eigenvalue weighted by Gasteiger charge is -2.41. The third kappa shape index (κ3) is 12.8. The maximum Gasteiger partial charge on any atom is 0.307 e. The molecule has 2 bridgehead atoms. The minimum Gasteiger partial charge on any atom is -0.481 e. The predicted octanol–water partition coefficient (Wildman–Crippen LogP) is 4.75. The summed E-state index contributed by atoms with van der Waals surface area (Å²) in [5, 5.41) is 10.0. The van der Waals surface area contributed by atoms with E-state index in [1.807, 2.05) is 58.0 Å². The van der Waals surface area contributed by atoms with Crippen molar-refractivity contribution >= 4 is 47.1 Å². The monoisotopic (exact) mass is 935 g/mol. The molecule has 2 saturated heterocycles. The number of hydrogen-bond donors (Lipinski definition) is 1. The van der Waals surface area contributed by atoms with Gasteiger partial charge in [0.1, 0.15) is 5.78 Å². The van der Waals surface area contributed by atoms with Crippen molar-refractivity contribution in [3.63, 3.8) is 0 Å². The van der Waals surface area contributed by atoms with Gasteiger partial charge in [0.05, 0.1) is 68.9 Å². The van der Waals surface area contributed by atoms with Crippen molar-refractivity contribution in [2.75, 3.05) is 47.6 Å². The molecular weight excluding hydrogens is 861 g/mol. The average Bonchev–Trinajstić information content (AvgIpc) is 4.13. The third-order valence-electron chi connectivity index (χ3n) is 15.0. The maximum atomic E-state index is 14.7. The summed E-state index contributed by atoms with van der Waals surface area (Å²) < 4.78 is 17.7. The number of piperidine rings is 1. The first kappa shape index (κ1) is 53.2. The van der Waals surface area contributed by atoms with E-state index in [-0.39, 0.29) is 105 Å². The van der Waals surface area contributed by atoms with Gasteiger partial charge in [-0.2, -0.15) is 0 Å². The van der Waals surface area contributed by atoms with Crippen LogP contribution in [0.2, 0.25) is 0 Å². The van der Waals surface area contributed by atoms with Gasteiger partial charge >= 0.3 is 5.97 Å². The largest absolute Gasteiger partial charge is 0.481 e. The summed E-state index contributed by atoms with van der Waals surface area (Å²) in [5.41, 5.74) is 0.829. The van der Waals surface area contributed by atoms with E-state index < -0.39 is 65.9 Å². The third-order valence-corrected chi connectivity index (χ3v) is 15.0. The fourth-order valence-corrected chi connectivity index (χ4v) is 11.1. The molecule has 16 heteroatoms. The predicted molar refractivity (Wildman–Crippen MR) is 248 cm³/mol. The number of hydrogen-bond acceptors (Lipinski definition) is 11. The molecule has 0 spiro atoms. The molecule has 1 saturated carbocycles. The summed E-state index contributed by atoms with van der Waals surface area (Å²) in [7, 11) is 4.75. The number of likely N-dealkylation sites (tertiary alicyclic amines) is 2. The second kappa shape index (κ2) is 24.5. The number of amides is 5. The Labute approximate surface area is 396 Å². The Kier molecular flexibility index (Phi) is 19.4. The lowest BCUT2D eigenvalue weighted by atomic mass is 9.83. The highest BCUT2D eigenvalue weighted by Gasteiger charge is 2.52. The average molecular weight is 935 g/mol. The highest BCUT2D eigenvalue weighted by atomic mass is 16.5. The summed E-state index contributed by atoms with van der Waals surface area (Å²) in [5.74, 6) is -5.45. The zero-order valence-electron chi connectivity index (χ0n) is 40.8. The molecule has 3 fully saturated rings. The molecule has 5 rings (SSSR count). The van der Waals surface area contributed by atoms with Gasteiger partial charge in [-0.1, -0.05) is 71.4 Å². The van der Waals surface area contributed by atoms with Crippen LogP contribution in [0.3, 0.4) is 0 Å². The van der Waals surface area contributed by atoms with Gasteiger partial charge in [0.25, 0.3) is 11.8 Å². The van der Waals surface area contributed by atoms with Crippen LogP contribution >= 0.6 is 0 Å². The summed E-state index contributed by atoms with van der Waals surface area (Å²) in [6, 6.07) is 7.55. The van der Waals surface area contributed by atoms with Crippen LogP contribution in [-0.4, -0.2) is 156 Å². The number of fused-ring (bicyclic) bond motifs is 2. The van der Waals surface area contributed by atoms with E-state index in [0.29, 0.717) is 25.8 Å². The standard InChI is InChI=1S/C51H74N4O12/c1-9-32(4)47(42(65-7)30-46(61)53-22-13-16-39(53)49(66-8)33(5)40(56)28-36(51(63)64)26-34-14-11-10-12-15-34)52(6)50(62)38(31(2)3)29-41(57)48-35-17-18-37(27-35)55(48)45(60)21-24-67-25-23-54-43(58)19-20-44(54)59/h10-12,14-15,19-20,31-33,35-39,42,47-49H,9,13,16-18,21-30H2,1-8H3,(H,63,64)/t32-,33-,35-,36+,37+,38-,39-,42+,47-,48-,49+/m0/s1. The number of nitrogens with zero attached hydrogens (tertiary/aromatic N) is 4. The number of aliphatic carboxylic acids is 1. The normalized spacial score (nSPS) is 23.3. The molecule has 1 aliphatic carbocycles. The van der Waals surface area contributed by atoms with Crippen LogP contribution in [0.4, 0.5) is 0 Å². The van der Waals surface area contributed by atoms with Gasteiger partial charge in [0.15, 0.2) is 5.78 Å². The van der Waals surface area contributed by atoms with Gasteiger partial charge < -0.3 is 34.0 Å². The Morgan fingerprint density at radius 1 is 0.866 bits per heavy atom. The van der Waals surface area contributed by atoms with E-state index in [1.54, 1.807) is 28.7 Å². The summed E-state index contributed by atoms with van der Waals surface area (Å²) >= 11 is 0. The second-order valence-corrected chi connectivity index (χ2v) is 19.5. The van der Waals surface area contributed by atoms with Crippen molar-refractivity contribution < 1.29 is 57.7 Å². The van der Waals surface area contributed by atoms with Gasteiger partial charge in [0, 0.05) is 70.7 Å². The summed E-state index contributed by atoms with van der Waals surface area (Å²) in [6.45, 7) is 10.3. The van der Waals surface area contributed by atoms with Gasteiger partial charge in [-0.05, 0) is 61.8 Å². The van der Waals surface area contributed by atoms with E-state index in [1.165, 1.54) is 26.4 Å². The smallest absolute Gasteiger partial charge is 0.307 e. The minimum absolute atomic E-state index is 0.00831. The number of likely N-dealkylation sites (N-methyl/N-ethyl adjacent to an activating group) is 1. The molecule has 1 aromatic carbocycles. The molecule has 0 unspecified atom stereocenters. The van der Waals surface area contributed by atoms with Crippen molar-refractivity contribution in [2.45, 2.75) is 142 Å². The van der Waals surface area contributed by atoms with E-state index in [2.05, 4.69) is 0 Å². The highest BCUT2D eigenvalue weighted by molar-refractivity contribution is 6.12. The number of benzene rings is 1. The lowest BCUT2D eigenvalue weighted by Crippen LogP contribution is -2.54. The van der Waals surface area contributed by atoms with E-state index in [4.69, 9.17) is 14.2 Å². The number of ether oxygens (including phenoxy) is 3. The molecule has 11 atom stereocenters. The Bertz CT molecular complexity index is 1940. The van der Waals surface area contributed by atoms with Crippen molar-refractivity contribution in [3.05, 3.63) is 48.0 Å². The summed E-state index contributed by atoms with van der Waals surface area (Å²) in [4.78, 5) is 113.